The minimum Gasteiger partial charge on any atom is -0.454 e. The summed E-state index contributed by atoms with van der Waals surface area (Å²) in [6, 6.07) is 3.85. The van der Waals surface area contributed by atoms with Gasteiger partial charge in [-0.3, -0.25) is 0 Å². The van der Waals surface area contributed by atoms with Gasteiger partial charge in [0, 0.05) is 11.1 Å². The fraction of sp³-hybridized carbons (Fsp3) is 0.444. The Morgan fingerprint density at radius 3 is 2.52 bits per heavy atom. The first kappa shape index (κ1) is 16.0. The fourth-order valence-corrected chi connectivity index (χ4v) is 2.56. The van der Waals surface area contributed by atoms with Crippen molar-refractivity contribution in [2.24, 2.45) is 0 Å². The molecule has 0 aliphatic carbocycles. The Labute approximate surface area is 132 Å². The number of ether oxygens (including phenoxy) is 2. The van der Waals surface area contributed by atoms with Gasteiger partial charge in [0.15, 0.2) is 11.5 Å². The van der Waals surface area contributed by atoms with Gasteiger partial charge in [-0.25, -0.2) is 0 Å². The Morgan fingerprint density at radius 1 is 1.10 bits per heavy atom. The first-order chi connectivity index (χ1) is 10.1. The highest BCUT2D eigenvalue weighted by Gasteiger charge is 2.15. The molecule has 0 N–H and O–H groups in total. The van der Waals surface area contributed by atoms with Crippen molar-refractivity contribution in [3.8, 4) is 11.5 Å². The summed E-state index contributed by atoms with van der Waals surface area (Å²) in [6.45, 7) is 6.76. The third-order valence-corrected chi connectivity index (χ3v) is 3.89. The van der Waals surface area contributed by atoms with Gasteiger partial charge in [0.05, 0.1) is 0 Å². The molecule has 114 valence electrons. The van der Waals surface area contributed by atoms with E-state index >= 15 is 0 Å². The van der Waals surface area contributed by atoms with Gasteiger partial charge in [0.2, 0.25) is 6.79 Å². The van der Waals surface area contributed by atoms with E-state index in [9.17, 15) is 0 Å². The van der Waals surface area contributed by atoms with E-state index in [-0.39, 0.29) is 0 Å². The van der Waals surface area contributed by atoms with E-state index < -0.39 is 0 Å². The lowest BCUT2D eigenvalue weighted by atomic mass is 10.1. The molecule has 0 unspecified atom stereocenters. The van der Waals surface area contributed by atoms with E-state index in [1.54, 1.807) is 0 Å². The normalized spacial score (nSPS) is 13.4. The number of hydrogen-bond acceptors (Lipinski definition) is 2. The van der Waals surface area contributed by atoms with Crippen molar-refractivity contribution < 1.29 is 9.47 Å². The van der Waals surface area contributed by atoms with Crippen LogP contribution in [0, 0.1) is 0 Å². The van der Waals surface area contributed by atoms with Gasteiger partial charge >= 0.3 is 0 Å². The van der Waals surface area contributed by atoms with Crippen LogP contribution >= 0.6 is 11.6 Å². The van der Waals surface area contributed by atoms with Gasteiger partial charge in [0.25, 0.3) is 0 Å². The van der Waals surface area contributed by atoms with Crippen LogP contribution in [0.25, 0.3) is 0 Å². The Kier molecular flexibility index (Phi) is 5.75. The molecule has 1 aliphatic heterocycles. The van der Waals surface area contributed by atoms with Crippen molar-refractivity contribution in [3.63, 3.8) is 0 Å². The van der Waals surface area contributed by atoms with Crippen LogP contribution in [-0.2, 0) is 6.42 Å². The second kappa shape index (κ2) is 7.56. The minimum absolute atomic E-state index is 0.290. The maximum absolute atomic E-state index is 6.28. The summed E-state index contributed by atoms with van der Waals surface area (Å²) in [5.74, 6) is 1.55. The Balaban J connectivity index is 1.87. The number of fused-ring (bicyclic) bond motifs is 1. The highest BCUT2D eigenvalue weighted by Crippen LogP contribution is 2.37. The number of halogens is 1. The number of hydrogen-bond donors (Lipinski definition) is 0. The Bertz CT molecular complexity index is 555. The van der Waals surface area contributed by atoms with Crippen LogP contribution < -0.4 is 9.47 Å². The molecule has 0 radical (unpaired) electrons. The van der Waals surface area contributed by atoms with Crippen molar-refractivity contribution in [2.45, 2.75) is 46.5 Å². The molecule has 1 heterocycles. The van der Waals surface area contributed by atoms with E-state index in [2.05, 4.69) is 32.9 Å². The van der Waals surface area contributed by atoms with E-state index in [0.717, 1.165) is 47.8 Å². The lowest BCUT2D eigenvalue weighted by molar-refractivity contribution is 0.174. The molecular formula is C18H23ClO2. The molecule has 2 rings (SSSR count). The third kappa shape index (κ3) is 4.82. The van der Waals surface area contributed by atoms with Crippen molar-refractivity contribution in [1.82, 2.24) is 0 Å². The molecule has 21 heavy (non-hydrogen) atoms. The lowest BCUT2D eigenvalue weighted by Crippen LogP contribution is -1.92. The minimum atomic E-state index is 0.290. The SMILES string of the molecule is CC(C)=CCCC(C)=CCCc1cc2c(cc1Cl)OCO2. The van der Waals surface area contributed by atoms with Gasteiger partial charge in [-0.2, -0.15) is 0 Å². The van der Waals surface area contributed by atoms with Crippen molar-refractivity contribution in [3.05, 3.63) is 46.0 Å². The summed E-state index contributed by atoms with van der Waals surface area (Å²) in [5, 5.41) is 0.759. The van der Waals surface area contributed by atoms with Gasteiger partial charge in [-0.05, 0) is 58.1 Å². The molecule has 1 aliphatic rings. The summed E-state index contributed by atoms with van der Waals surface area (Å²) in [6.07, 6.45) is 8.76. The van der Waals surface area contributed by atoms with Crippen LogP contribution in [0.1, 0.15) is 45.6 Å². The van der Waals surface area contributed by atoms with Crippen LogP contribution in [-0.4, -0.2) is 6.79 Å². The van der Waals surface area contributed by atoms with Crippen LogP contribution in [0.4, 0.5) is 0 Å². The number of benzene rings is 1. The van der Waals surface area contributed by atoms with Crippen LogP contribution in [0.5, 0.6) is 11.5 Å². The van der Waals surface area contributed by atoms with Gasteiger partial charge in [-0.15, -0.1) is 0 Å². The van der Waals surface area contributed by atoms with E-state index in [0.29, 0.717) is 6.79 Å². The average molecular weight is 307 g/mol. The molecule has 1 aromatic rings. The zero-order chi connectivity index (χ0) is 15.2. The predicted molar refractivity (Wildman–Crippen MR) is 88.3 cm³/mol. The molecule has 3 heteroatoms. The number of aryl methyl sites for hydroxylation is 1. The average Bonchev–Trinajstić information content (AvgIpc) is 2.85. The Morgan fingerprint density at radius 2 is 1.81 bits per heavy atom. The summed E-state index contributed by atoms with van der Waals surface area (Å²) in [5.41, 5.74) is 3.94. The van der Waals surface area contributed by atoms with E-state index in [1.807, 2.05) is 12.1 Å². The molecule has 0 fully saturated rings. The summed E-state index contributed by atoms with van der Waals surface area (Å²) < 4.78 is 10.7. The first-order valence-corrected chi connectivity index (χ1v) is 7.81. The molecule has 1 aromatic carbocycles. The van der Waals surface area contributed by atoms with Gasteiger partial charge in [0.1, 0.15) is 0 Å². The van der Waals surface area contributed by atoms with Crippen molar-refractivity contribution in [1.29, 1.82) is 0 Å². The molecule has 0 amide bonds. The molecule has 0 bridgehead atoms. The highest BCUT2D eigenvalue weighted by molar-refractivity contribution is 6.31. The fourth-order valence-electron chi connectivity index (χ4n) is 2.32. The summed E-state index contributed by atoms with van der Waals surface area (Å²) >= 11 is 6.28. The van der Waals surface area contributed by atoms with Crippen molar-refractivity contribution in [2.75, 3.05) is 6.79 Å². The topological polar surface area (TPSA) is 18.5 Å². The maximum Gasteiger partial charge on any atom is 0.231 e. The van der Waals surface area contributed by atoms with E-state index in [4.69, 9.17) is 21.1 Å². The van der Waals surface area contributed by atoms with Crippen LogP contribution in [0.3, 0.4) is 0 Å². The predicted octanol–water partition coefficient (Wildman–Crippen LogP) is 5.69. The van der Waals surface area contributed by atoms with E-state index in [1.165, 1.54) is 11.1 Å². The lowest BCUT2D eigenvalue weighted by Gasteiger charge is -2.05. The second-order valence-electron chi connectivity index (χ2n) is 5.71. The summed E-state index contributed by atoms with van der Waals surface area (Å²) in [4.78, 5) is 0. The van der Waals surface area contributed by atoms with Gasteiger partial charge in [-0.1, -0.05) is 34.9 Å². The third-order valence-electron chi connectivity index (χ3n) is 3.54. The first-order valence-electron chi connectivity index (χ1n) is 7.43. The standard InChI is InChI=1S/C18H23ClO2/c1-13(2)6-4-7-14(3)8-5-9-15-10-17-18(11-16(15)19)21-12-20-17/h6,8,10-11H,4-5,7,9,12H2,1-3H3. The molecule has 2 nitrogen and oxygen atoms in total. The Hall–Kier alpha value is -1.41. The molecular weight excluding hydrogens is 284 g/mol. The highest BCUT2D eigenvalue weighted by atomic mass is 35.5. The van der Waals surface area contributed by atoms with Crippen molar-refractivity contribution >= 4 is 11.6 Å². The quantitative estimate of drug-likeness (QED) is 0.628. The molecule has 0 aromatic heterocycles. The van der Waals surface area contributed by atoms with Crippen LogP contribution in [0.2, 0.25) is 5.02 Å². The second-order valence-corrected chi connectivity index (χ2v) is 6.11. The van der Waals surface area contributed by atoms with Gasteiger partial charge < -0.3 is 9.47 Å². The van der Waals surface area contributed by atoms with Crippen LogP contribution in [0.15, 0.2) is 35.4 Å². The molecule has 0 spiro atoms. The zero-order valence-corrected chi connectivity index (χ0v) is 13.8. The largest absolute Gasteiger partial charge is 0.454 e. The summed E-state index contributed by atoms with van der Waals surface area (Å²) in [7, 11) is 0. The number of rotatable bonds is 6. The number of allylic oxidation sites excluding steroid dienone is 4. The molecule has 0 saturated carbocycles. The molecule has 0 atom stereocenters. The zero-order valence-electron chi connectivity index (χ0n) is 13.0. The smallest absolute Gasteiger partial charge is 0.231 e. The maximum atomic E-state index is 6.28. The molecule has 0 saturated heterocycles. The monoisotopic (exact) mass is 306 g/mol.